The van der Waals surface area contributed by atoms with Crippen LogP contribution in [0.25, 0.3) is 33.5 Å². The number of benzene rings is 3. The molecular weight excluding hydrogens is 300 g/mol. The first-order valence-electron chi connectivity index (χ1n) is 7.82. The van der Waals surface area contributed by atoms with Gasteiger partial charge in [0.2, 0.25) is 6.79 Å². The third-order valence-electron chi connectivity index (χ3n) is 4.25. The van der Waals surface area contributed by atoms with E-state index in [1.807, 2.05) is 42.5 Å². The normalized spacial score (nSPS) is 12.7. The molecule has 0 radical (unpaired) electrons. The molecule has 0 unspecified atom stereocenters. The van der Waals surface area contributed by atoms with E-state index in [9.17, 15) is 0 Å². The number of H-pyrrole nitrogens is 1. The lowest BCUT2D eigenvalue weighted by atomic mass is 10.0. The summed E-state index contributed by atoms with van der Waals surface area (Å²) in [5, 5.41) is 0. The van der Waals surface area contributed by atoms with E-state index in [1.54, 1.807) is 0 Å². The Balaban J connectivity index is 1.50. The summed E-state index contributed by atoms with van der Waals surface area (Å²) in [6.07, 6.45) is 0. The lowest BCUT2D eigenvalue weighted by Gasteiger charge is -2.04. The Bertz CT molecular complexity index is 1000. The molecule has 0 bridgehead atoms. The van der Waals surface area contributed by atoms with Crippen molar-refractivity contribution in [1.82, 2.24) is 9.97 Å². The first kappa shape index (κ1) is 13.2. The highest BCUT2D eigenvalue weighted by atomic mass is 16.7. The third kappa shape index (κ3) is 2.12. The van der Waals surface area contributed by atoms with E-state index in [2.05, 4.69) is 34.2 Å². The molecule has 0 amide bonds. The molecule has 2 heterocycles. The summed E-state index contributed by atoms with van der Waals surface area (Å²) in [5.41, 5.74) is 5.33. The second kappa shape index (κ2) is 5.13. The van der Waals surface area contributed by atoms with Gasteiger partial charge < -0.3 is 14.5 Å². The van der Waals surface area contributed by atoms with Gasteiger partial charge in [-0.3, -0.25) is 0 Å². The van der Waals surface area contributed by atoms with Gasteiger partial charge in [0.15, 0.2) is 11.5 Å². The van der Waals surface area contributed by atoms with Gasteiger partial charge >= 0.3 is 0 Å². The van der Waals surface area contributed by atoms with Crippen molar-refractivity contribution in [2.75, 3.05) is 6.79 Å². The largest absolute Gasteiger partial charge is 0.454 e. The van der Waals surface area contributed by atoms with Crippen LogP contribution in [0.15, 0.2) is 66.7 Å². The van der Waals surface area contributed by atoms with Crippen LogP contribution in [0.5, 0.6) is 11.5 Å². The Morgan fingerprint density at radius 2 is 1.50 bits per heavy atom. The fraction of sp³-hybridized carbons (Fsp3) is 0.0500. The van der Waals surface area contributed by atoms with Gasteiger partial charge in [-0.2, -0.15) is 0 Å². The third-order valence-corrected chi connectivity index (χ3v) is 4.25. The molecule has 1 aromatic heterocycles. The smallest absolute Gasteiger partial charge is 0.231 e. The fourth-order valence-corrected chi connectivity index (χ4v) is 2.99. The number of rotatable bonds is 2. The number of hydrogen-bond acceptors (Lipinski definition) is 3. The molecular formula is C20H14N2O2. The van der Waals surface area contributed by atoms with E-state index in [0.717, 1.165) is 45.0 Å². The lowest BCUT2D eigenvalue weighted by Crippen LogP contribution is -1.92. The Labute approximate surface area is 138 Å². The molecule has 24 heavy (non-hydrogen) atoms. The number of hydrogen-bond donors (Lipinski definition) is 1. The predicted molar refractivity (Wildman–Crippen MR) is 93.1 cm³/mol. The van der Waals surface area contributed by atoms with Crippen LogP contribution in [0.1, 0.15) is 0 Å². The van der Waals surface area contributed by atoms with E-state index in [1.165, 1.54) is 0 Å². The van der Waals surface area contributed by atoms with Crippen LogP contribution in [0.4, 0.5) is 0 Å². The zero-order chi connectivity index (χ0) is 15.9. The van der Waals surface area contributed by atoms with E-state index in [4.69, 9.17) is 9.47 Å². The van der Waals surface area contributed by atoms with Gasteiger partial charge in [-0.25, -0.2) is 4.98 Å². The maximum absolute atomic E-state index is 5.45. The summed E-state index contributed by atoms with van der Waals surface area (Å²) in [6, 6.07) is 22.4. The van der Waals surface area contributed by atoms with Gasteiger partial charge in [-0.15, -0.1) is 0 Å². The second-order valence-electron chi connectivity index (χ2n) is 5.75. The number of imidazole rings is 1. The first-order valence-corrected chi connectivity index (χ1v) is 7.82. The number of ether oxygens (including phenoxy) is 2. The molecule has 5 rings (SSSR count). The SMILES string of the molecule is c1ccc2[nH]c(-c3ccc(-c4ccc5c(c4)OCO5)cc3)nc2c1. The molecule has 0 aliphatic carbocycles. The van der Waals surface area contributed by atoms with Crippen molar-refractivity contribution >= 4 is 11.0 Å². The zero-order valence-electron chi connectivity index (χ0n) is 12.8. The van der Waals surface area contributed by atoms with Crippen LogP contribution < -0.4 is 9.47 Å². The van der Waals surface area contributed by atoms with Crippen molar-refractivity contribution in [3.05, 3.63) is 66.7 Å². The summed E-state index contributed by atoms with van der Waals surface area (Å²) in [7, 11) is 0. The van der Waals surface area contributed by atoms with E-state index >= 15 is 0 Å². The highest BCUT2D eigenvalue weighted by Gasteiger charge is 2.14. The minimum absolute atomic E-state index is 0.295. The maximum Gasteiger partial charge on any atom is 0.231 e. The molecule has 1 N–H and O–H groups in total. The average Bonchev–Trinajstić information content (AvgIpc) is 3.27. The first-order chi connectivity index (χ1) is 11.9. The van der Waals surface area contributed by atoms with Gasteiger partial charge in [0.1, 0.15) is 5.82 Å². The minimum atomic E-state index is 0.295. The Morgan fingerprint density at radius 1 is 0.750 bits per heavy atom. The van der Waals surface area contributed by atoms with Gasteiger partial charge in [0, 0.05) is 5.56 Å². The number of para-hydroxylation sites is 2. The van der Waals surface area contributed by atoms with Crippen LogP contribution in [0.2, 0.25) is 0 Å². The van der Waals surface area contributed by atoms with Crippen LogP contribution >= 0.6 is 0 Å². The maximum atomic E-state index is 5.45. The van der Waals surface area contributed by atoms with Gasteiger partial charge in [-0.05, 0) is 35.4 Å². The molecule has 0 spiro atoms. The lowest BCUT2D eigenvalue weighted by molar-refractivity contribution is 0.174. The quantitative estimate of drug-likeness (QED) is 0.587. The topological polar surface area (TPSA) is 47.1 Å². The van der Waals surface area contributed by atoms with Crippen molar-refractivity contribution in [2.24, 2.45) is 0 Å². The number of aromatic amines is 1. The van der Waals surface area contributed by atoms with Gasteiger partial charge in [-0.1, -0.05) is 42.5 Å². The fourth-order valence-electron chi connectivity index (χ4n) is 2.99. The molecule has 1 aliphatic rings. The van der Waals surface area contributed by atoms with Crippen molar-refractivity contribution in [1.29, 1.82) is 0 Å². The molecule has 3 aromatic carbocycles. The second-order valence-corrected chi connectivity index (χ2v) is 5.75. The summed E-state index contributed by atoms with van der Waals surface area (Å²) in [4.78, 5) is 8.00. The van der Waals surface area contributed by atoms with Crippen LogP contribution in [0.3, 0.4) is 0 Å². The summed E-state index contributed by atoms with van der Waals surface area (Å²) < 4.78 is 10.8. The molecule has 0 fully saturated rings. The molecule has 4 aromatic rings. The molecule has 0 saturated heterocycles. The van der Waals surface area contributed by atoms with Crippen molar-refractivity contribution < 1.29 is 9.47 Å². The molecule has 4 nitrogen and oxygen atoms in total. The Hall–Kier alpha value is -3.27. The Morgan fingerprint density at radius 3 is 2.38 bits per heavy atom. The van der Waals surface area contributed by atoms with Crippen molar-refractivity contribution in [3.63, 3.8) is 0 Å². The van der Waals surface area contributed by atoms with E-state index in [-0.39, 0.29) is 0 Å². The average molecular weight is 314 g/mol. The van der Waals surface area contributed by atoms with Gasteiger partial charge in [0.25, 0.3) is 0 Å². The van der Waals surface area contributed by atoms with Crippen LogP contribution in [0, 0.1) is 0 Å². The highest BCUT2D eigenvalue weighted by molar-refractivity contribution is 5.80. The van der Waals surface area contributed by atoms with Crippen LogP contribution in [-0.2, 0) is 0 Å². The van der Waals surface area contributed by atoms with Crippen LogP contribution in [-0.4, -0.2) is 16.8 Å². The van der Waals surface area contributed by atoms with Crippen molar-refractivity contribution in [2.45, 2.75) is 0 Å². The molecule has 1 aliphatic heterocycles. The molecule has 0 saturated carbocycles. The number of aromatic nitrogens is 2. The monoisotopic (exact) mass is 314 g/mol. The zero-order valence-corrected chi connectivity index (χ0v) is 12.8. The van der Waals surface area contributed by atoms with E-state index in [0.29, 0.717) is 6.79 Å². The summed E-state index contributed by atoms with van der Waals surface area (Å²) in [6.45, 7) is 0.295. The summed E-state index contributed by atoms with van der Waals surface area (Å²) in [5.74, 6) is 2.49. The number of nitrogens with one attached hydrogen (secondary N) is 1. The van der Waals surface area contributed by atoms with Gasteiger partial charge in [0.05, 0.1) is 11.0 Å². The number of fused-ring (bicyclic) bond motifs is 2. The molecule has 0 atom stereocenters. The standard InChI is InChI=1S/C20H14N2O2/c1-2-4-17-16(3-1)21-20(22-17)14-7-5-13(6-8-14)15-9-10-18-19(11-15)24-12-23-18/h1-11H,12H2,(H,21,22). The number of nitrogens with zero attached hydrogens (tertiary/aromatic N) is 1. The highest BCUT2D eigenvalue weighted by Crippen LogP contribution is 2.36. The molecule has 4 heteroatoms. The molecule has 116 valence electrons. The van der Waals surface area contributed by atoms with Crippen molar-refractivity contribution in [3.8, 4) is 34.0 Å². The van der Waals surface area contributed by atoms with E-state index < -0.39 is 0 Å². The summed E-state index contributed by atoms with van der Waals surface area (Å²) >= 11 is 0. The minimum Gasteiger partial charge on any atom is -0.454 e. The predicted octanol–water partition coefficient (Wildman–Crippen LogP) is 4.63. The Kier molecular flexibility index (Phi) is 2.82.